The van der Waals surface area contributed by atoms with Gasteiger partial charge in [0.25, 0.3) is 10.0 Å². The molecule has 126 valence electrons. The first kappa shape index (κ1) is 16.5. The minimum absolute atomic E-state index is 0.0287. The Morgan fingerprint density at radius 3 is 2.33 bits per heavy atom. The Hall–Kier alpha value is -2.34. The number of fused-ring (bicyclic) bond motifs is 1. The van der Waals surface area contributed by atoms with Crippen LogP contribution >= 0.6 is 0 Å². The Kier molecular flexibility index (Phi) is 3.87. The number of nitrogens with zero attached hydrogens (tertiary/aromatic N) is 1. The van der Waals surface area contributed by atoms with Gasteiger partial charge in [-0.25, -0.2) is 13.4 Å². The number of anilines is 1. The molecule has 3 rings (SSSR count). The van der Waals surface area contributed by atoms with Gasteiger partial charge >= 0.3 is 0 Å². The first-order valence-electron chi connectivity index (χ1n) is 7.75. The third-order valence-corrected chi connectivity index (χ3v) is 5.26. The number of benzene rings is 2. The molecule has 3 aromatic rings. The Labute approximate surface area is 142 Å². The highest BCUT2D eigenvalue weighted by Crippen LogP contribution is 2.25. The zero-order chi connectivity index (χ0) is 17.5. The molecule has 2 aromatic carbocycles. The normalized spacial score (nSPS) is 12.5. The van der Waals surface area contributed by atoms with Crippen molar-refractivity contribution >= 4 is 26.7 Å². The van der Waals surface area contributed by atoms with Crippen LogP contribution in [0.5, 0.6) is 0 Å². The molecule has 0 amide bonds. The highest BCUT2D eigenvalue weighted by Gasteiger charge is 2.17. The monoisotopic (exact) mass is 343 g/mol. The van der Waals surface area contributed by atoms with E-state index in [0.29, 0.717) is 11.2 Å². The lowest BCUT2D eigenvalue weighted by Crippen LogP contribution is -2.14. The van der Waals surface area contributed by atoms with Crippen molar-refractivity contribution in [3.05, 3.63) is 53.9 Å². The van der Waals surface area contributed by atoms with Crippen molar-refractivity contribution in [2.75, 3.05) is 4.72 Å². The van der Waals surface area contributed by atoms with Gasteiger partial charge in [0.05, 0.1) is 15.9 Å². The molecule has 0 aliphatic carbocycles. The molecule has 0 unspecified atom stereocenters. The van der Waals surface area contributed by atoms with E-state index in [1.165, 1.54) is 0 Å². The number of hydrogen-bond donors (Lipinski definition) is 2. The Bertz CT molecular complexity index is 981. The Balaban J connectivity index is 1.89. The number of rotatable bonds is 3. The largest absolute Gasteiger partial charge is 0.342 e. The third-order valence-electron chi connectivity index (χ3n) is 3.89. The lowest BCUT2D eigenvalue weighted by atomic mass is 9.87. The first-order valence-corrected chi connectivity index (χ1v) is 9.23. The summed E-state index contributed by atoms with van der Waals surface area (Å²) in [5, 5.41) is 0. The molecular weight excluding hydrogens is 322 g/mol. The van der Waals surface area contributed by atoms with Gasteiger partial charge < -0.3 is 4.98 Å². The molecule has 0 spiro atoms. The molecule has 0 radical (unpaired) electrons. The van der Waals surface area contributed by atoms with Gasteiger partial charge in [-0.05, 0) is 48.2 Å². The average Bonchev–Trinajstić information content (AvgIpc) is 2.85. The predicted octanol–water partition coefficient (Wildman–Crippen LogP) is 3.97. The van der Waals surface area contributed by atoms with Crippen LogP contribution in [0.15, 0.2) is 47.4 Å². The highest BCUT2D eigenvalue weighted by atomic mass is 32.2. The molecule has 0 saturated carbocycles. The van der Waals surface area contributed by atoms with Gasteiger partial charge in [0.15, 0.2) is 0 Å². The SMILES string of the molecule is Cc1nc2ccc(S(=O)(=O)Nc3ccc(C(C)(C)C)cc3)cc2[nH]1. The maximum Gasteiger partial charge on any atom is 0.261 e. The lowest BCUT2D eigenvalue weighted by Gasteiger charge is -2.19. The fourth-order valence-electron chi connectivity index (χ4n) is 2.54. The van der Waals surface area contributed by atoms with Crippen LogP contribution in [-0.4, -0.2) is 18.4 Å². The summed E-state index contributed by atoms with van der Waals surface area (Å²) in [5.41, 5.74) is 3.18. The van der Waals surface area contributed by atoms with Crippen LogP contribution < -0.4 is 4.72 Å². The van der Waals surface area contributed by atoms with Crippen molar-refractivity contribution in [3.63, 3.8) is 0 Å². The molecule has 0 aliphatic heterocycles. The smallest absolute Gasteiger partial charge is 0.261 e. The zero-order valence-electron chi connectivity index (χ0n) is 14.2. The molecule has 0 saturated heterocycles. The number of imidazole rings is 1. The summed E-state index contributed by atoms with van der Waals surface area (Å²) in [6.45, 7) is 8.19. The van der Waals surface area contributed by atoms with Crippen molar-refractivity contribution < 1.29 is 8.42 Å². The van der Waals surface area contributed by atoms with Crippen LogP contribution in [0.3, 0.4) is 0 Å². The molecule has 5 nitrogen and oxygen atoms in total. The van der Waals surface area contributed by atoms with Gasteiger partial charge in [-0.1, -0.05) is 32.9 Å². The van der Waals surface area contributed by atoms with E-state index in [1.807, 2.05) is 19.1 Å². The quantitative estimate of drug-likeness (QED) is 0.755. The van der Waals surface area contributed by atoms with E-state index < -0.39 is 10.0 Å². The number of hydrogen-bond acceptors (Lipinski definition) is 3. The van der Waals surface area contributed by atoms with Crippen LogP contribution in [-0.2, 0) is 15.4 Å². The van der Waals surface area contributed by atoms with Crippen molar-refractivity contribution in [3.8, 4) is 0 Å². The van der Waals surface area contributed by atoms with Crippen molar-refractivity contribution in [1.82, 2.24) is 9.97 Å². The zero-order valence-corrected chi connectivity index (χ0v) is 15.0. The molecule has 0 aliphatic rings. The molecule has 1 aromatic heterocycles. The molecular formula is C18H21N3O2S. The van der Waals surface area contributed by atoms with E-state index in [4.69, 9.17) is 0 Å². The molecule has 24 heavy (non-hydrogen) atoms. The summed E-state index contributed by atoms with van der Waals surface area (Å²) < 4.78 is 27.8. The summed E-state index contributed by atoms with van der Waals surface area (Å²) >= 11 is 0. The van der Waals surface area contributed by atoms with Crippen LogP contribution in [0.1, 0.15) is 32.2 Å². The van der Waals surface area contributed by atoms with Crippen LogP contribution in [0, 0.1) is 6.92 Å². The summed E-state index contributed by atoms with van der Waals surface area (Å²) in [7, 11) is -3.64. The Morgan fingerprint density at radius 2 is 1.71 bits per heavy atom. The molecule has 6 heteroatoms. The van der Waals surface area contributed by atoms with Gasteiger partial charge in [-0.3, -0.25) is 4.72 Å². The maximum absolute atomic E-state index is 12.6. The summed E-state index contributed by atoms with van der Waals surface area (Å²) in [5.74, 6) is 0.755. The van der Waals surface area contributed by atoms with E-state index in [9.17, 15) is 8.42 Å². The van der Waals surface area contributed by atoms with E-state index in [0.717, 1.165) is 16.9 Å². The third kappa shape index (κ3) is 3.28. The molecule has 2 N–H and O–H groups in total. The van der Waals surface area contributed by atoms with Gasteiger partial charge in [-0.15, -0.1) is 0 Å². The van der Waals surface area contributed by atoms with E-state index in [-0.39, 0.29) is 10.3 Å². The number of aromatic amines is 1. The second kappa shape index (κ2) is 5.63. The van der Waals surface area contributed by atoms with E-state index in [2.05, 4.69) is 35.5 Å². The molecule has 0 bridgehead atoms. The van der Waals surface area contributed by atoms with E-state index in [1.54, 1.807) is 30.3 Å². The summed E-state index contributed by atoms with van der Waals surface area (Å²) in [4.78, 5) is 7.54. The molecule has 1 heterocycles. The second-order valence-electron chi connectivity index (χ2n) is 6.93. The molecule has 0 atom stereocenters. The molecule has 0 fully saturated rings. The highest BCUT2D eigenvalue weighted by molar-refractivity contribution is 7.92. The topological polar surface area (TPSA) is 74.8 Å². The Morgan fingerprint density at radius 1 is 1.04 bits per heavy atom. The van der Waals surface area contributed by atoms with Crippen LogP contribution in [0.25, 0.3) is 11.0 Å². The predicted molar refractivity (Wildman–Crippen MR) is 96.8 cm³/mol. The number of aryl methyl sites for hydroxylation is 1. The minimum Gasteiger partial charge on any atom is -0.342 e. The standard InChI is InChI=1S/C18H21N3O2S/c1-12-19-16-10-9-15(11-17(16)20-12)24(22,23)21-14-7-5-13(6-8-14)18(2,3)4/h5-11,21H,1-4H3,(H,19,20). The van der Waals surface area contributed by atoms with Gasteiger partial charge in [-0.2, -0.15) is 0 Å². The number of H-pyrrole nitrogens is 1. The van der Waals surface area contributed by atoms with E-state index >= 15 is 0 Å². The fraction of sp³-hybridized carbons (Fsp3) is 0.278. The van der Waals surface area contributed by atoms with Crippen molar-refractivity contribution in [1.29, 1.82) is 0 Å². The summed E-state index contributed by atoms with van der Waals surface area (Å²) in [6, 6.07) is 12.3. The fourth-order valence-corrected chi connectivity index (χ4v) is 3.62. The summed E-state index contributed by atoms with van der Waals surface area (Å²) in [6.07, 6.45) is 0. The lowest BCUT2D eigenvalue weighted by molar-refractivity contribution is 0.590. The van der Waals surface area contributed by atoms with Crippen LogP contribution in [0.4, 0.5) is 5.69 Å². The minimum atomic E-state index is -3.64. The van der Waals surface area contributed by atoms with Crippen LogP contribution in [0.2, 0.25) is 0 Å². The second-order valence-corrected chi connectivity index (χ2v) is 8.62. The van der Waals surface area contributed by atoms with Gasteiger partial charge in [0.1, 0.15) is 5.82 Å². The van der Waals surface area contributed by atoms with Crippen molar-refractivity contribution in [2.45, 2.75) is 38.0 Å². The van der Waals surface area contributed by atoms with Gasteiger partial charge in [0.2, 0.25) is 0 Å². The first-order chi connectivity index (χ1) is 11.1. The number of nitrogens with one attached hydrogen (secondary N) is 2. The number of sulfonamides is 1. The maximum atomic E-state index is 12.6. The number of aromatic nitrogens is 2. The van der Waals surface area contributed by atoms with Gasteiger partial charge in [0, 0.05) is 5.69 Å². The van der Waals surface area contributed by atoms with Crippen molar-refractivity contribution in [2.24, 2.45) is 0 Å². The average molecular weight is 343 g/mol.